The third kappa shape index (κ3) is 1.03. The van der Waals surface area contributed by atoms with Crippen LogP contribution in [0.15, 0.2) is 17.3 Å². The molecule has 36 valence electrons. The molecular weight excluding hydrogens is 88.1 g/mol. The van der Waals surface area contributed by atoms with Crippen molar-refractivity contribution in [1.82, 2.24) is 5.01 Å². The molecule has 2 nitrogen and oxygen atoms in total. The molecule has 0 fully saturated rings. The van der Waals surface area contributed by atoms with Crippen molar-refractivity contribution < 1.29 is 0 Å². The molecule has 1 aliphatic rings. The largest absolute Gasteiger partial charge is 0.284 e. The second-order valence-corrected chi connectivity index (χ2v) is 1.28. The fourth-order valence-electron chi connectivity index (χ4n) is 0.366. The van der Waals surface area contributed by atoms with Crippen LogP contribution in [0, 0.1) is 6.54 Å². The summed E-state index contributed by atoms with van der Waals surface area (Å²) >= 11 is 0. The van der Waals surface area contributed by atoms with Crippen LogP contribution in [0.2, 0.25) is 0 Å². The van der Waals surface area contributed by atoms with Gasteiger partial charge in [-0.25, -0.2) is 0 Å². The van der Waals surface area contributed by atoms with Gasteiger partial charge < -0.3 is 0 Å². The highest BCUT2D eigenvalue weighted by Crippen LogP contribution is 1.93. The van der Waals surface area contributed by atoms with E-state index in [9.17, 15) is 0 Å². The molecular formula is C5H6N2. The Morgan fingerprint density at radius 2 is 2.57 bits per heavy atom. The van der Waals surface area contributed by atoms with E-state index in [2.05, 4.69) is 11.6 Å². The highest BCUT2D eigenvalue weighted by atomic mass is 15.4. The number of allylic oxidation sites excluding steroid dienone is 1. The van der Waals surface area contributed by atoms with Gasteiger partial charge in [0.1, 0.15) is 6.54 Å². The fourth-order valence-corrected chi connectivity index (χ4v) is 0.366. The summed E-state index contributed by atoms with van der Waals surface area (Å²) in [6, 6.07) is 0. The maximum absolute atomic E-state index is 3.84. The van der Waals surface area contributed by atoms with Crippen LogP contribution in [0.1, 0.15) is 0 Å². The van der Waals surface area contributed by atoms with Crippen LogP contribution in [0.4, 0.5) is 0 Å². The molecule has 2 radical (unpaired) electrons. The molecule has 2 heteroatoms. The van der Waals surface area contributed by atoms with Gasteiger partial charge in [0.2, 0.25) is 0 Å². The van der Waals surface area contributed by atoms with Gasteiger partial charge in [-0.2, -0.15) is 5.10 Å². The number of rotatable bonds is 0. The summed E-state index contributed by atoms with van der Waals surface area (Å²) in [4.78, 5) is 0. The first-order valence-corrected chi connectivity index (χ1v) is 2.08. The van der Waals surface area contributed by atoms with Crippen LogP contribution >= 0.6 is 0 Å². The van der Waals surface area contributed by atoms with Crippen molar-refractivity contribution in [2.45, 2.75) is 0 Å². The molecule has 0 unspecified atom stereocenters. The van der Waals surface area contributed by atoms with Gasteiger partial charge in [0.25, 0.3) is 0 Å². The normalized spacial score (nSPS) is 18.1. The molecule has 1 heterocycles. The van der Waals surface area contributed by atoms with Gasteiger partial charge in [-0.1, -0.05) is 6.08 Å². The summed E-state index contributed by atoms with van der Waals surface area (Å²) in [5, 5.41) is 5.47. The Labute approximate surface area is 43.1 Å². The molecule has 0 saturated carbocycles. The van der Waals surface area contributed by atoms with Crippen LogP contribution in [-0.2, 0) is 0 Å². The molecule has 0 aromatic carbocycles. The topological polar surface area (TPSA) is 15.6 Å². The lowest BCUT2D eigenvalue weighted by Crippen LogP contribution is -2.07. The average molecular weight is 94.1 g/mol. The monoisotopic (exact) mass is 94.1 g/mol. The second-order valence-electron chi connectivity index (χ2n) is 1.28. The van der Waals surface area contributed by atoms with Crippen molar-refractivity contribution >= 4 is 6.21 Å². The lowest BCUT2D eigenvalue weighted by Gasteiger charge is -2.08. The van der Waals surface area contributed by atoms with Crippen molar-refractivity contribution in [1.29, 1.82) is 0 Å². The Morgan fingerprint density at radius 3 is 2.86 bits per heavy atom. The van der Waals surface area contributed by atoms with Gasteiger partial charge in [-0.3, -0.25) is 5.01 Å². The molecule has 0 aliphatic carbocycles. The number of hydrazone groups is 1. The van der Waals surface area contributed by atoms with E-state index in [4.69, 9.17) is 0 Å². The lowest BCUT2D eigenvalue weighted by atomic mass is 10.5. The molecule has 0 atom stereocenters. The third-order valence-electron chi connectivity index (χ3n) is 0.684. The summed E-state index contributed by atoms with van der Waals surface area (Å²) in [6.07, 6.45) is 5.36. The van der Waals surface area contributed by atoms with Gasteiger partial charge in [-0.15, -0.1) is 0 Å². The van der Waals surface area contributed by atoms with E-state index in [1.807, 2.05) is 19.2 Å². The van der Waals surface area contributed by atoms with Crippen molar-refractivity contribution in [2.75, 3.05) is 7.05 Å². The van der Waals surface area contributed by atoms with Crippen LogP contribution in [-0.4, -0.2) is 18.3 Å². The Hall–Kier alpha value is -0.790. The van der Waals surface area contributed by atoms with Gasteiger partial charge in [-0.05, 0) is 6.08 Å². The number of hydrogen-bond acceptors (Lipinski definition) is 2. The first kappa shape index (κ1) is 4.37. The maximum Gasteiger partial charge on any atom is 0.138 e. The van der Waals surface area contributed by atoms with Gasteiger partial charge in [0, 0.05) is 13.3 Å². The van der Waals surface area contributed by atoms with E-state index < -0.39 is 0 Å². The highest BCUT2D eigenvalue weighted by molar-refractivity contribution is 5.71. The molecule has 0 N–H and O–H groups in total. The average Bonchev–Trinajstić information content (AvgIpc) is 1.69. The van der Waals surface area contributed by atoms with Gasteiger partial charge in [0.15, 0.2) is 0 Å². The molecule has 0 spiro atoms. The zero-order chi connectivity index (χ0) is 5.11. The molecule has 0 bridgehead atoms. The smallest absolute Gasteiger partial charge is 0.138 e. The molecule has 0 saturated heterocycles. The number of likely N-dealkylation sites (N-methyl/N-ethyl adjacent to an activating group) is 1. The Balaban J connectivity index is 2.49. The summed E-state index contributed by atoms with van der Waals surface area (Å²) in [5.74, 6) is 0. The molecule has 1 aliphatic heterocycles. The summed E-state index contributed by atoms with van der Waals surface area (Å²) in [6.45, 7) is 2.84. The van der Waals surface area contributed by atoms with Gasteiger partial charge in [0.05, 0.1) is 0 Å². The van der Waals surface area contributed by atoms with E-state index in [1.54, 1.807) is 11.2 Å². The maximum atomic E-state index is 3.84. The van der Waals surface area contributed by atoms with Crippen LogP contribution < -0.4 is 0 Å². The Kier molecular flexibility index (Phi) is 1.11. The lowest BCUT2D eigenvalue weighted by molar-refractivity contribution is 0.452. The van der Waals surface area contributed by atoms with Crippen molar-refractivity contribution in [3.05, 3.63) is 18.7 Å². The minimum Gasteiger partial charge on any atom is -0.284 e. The summed E-state index contributed by atoms with van der Waals surface area (Å²) in [5.41, 5.74) is 0. The molecule has 7 heavy (non-hydrogen) atoms. The summed E-state index contributed by atoms with van der Waals surface area (Å²) < 4.78 is 0. The van der Waals surface area contributed by atoms with E-state index in [0.717, 1.165) is 0 Å². The van der Waals surface area contributed by atoms with Crippen LogP contribution in [0.25, 0.3) is 0 Å². The molecule has 0 amide bonds. The molecule has 0 aromatic rings. The first-order chi connectivity index (χ1) is 3.39. The molecule has 1 rings (SSSR count). The van der Waals surface area contributed by atoms with E-state index >= 15 is 0 Å². The third-order valence-corrected chi connectivity index (χ3v) is 0.684. The number of nitrogens with zero attached hydrogens (tertiary/aromatic N) is 2. The van der Waals surface area contributed by atoms with Gasteiger partial charge >= 0.3 is 0 Å². The summed E-state index contributed by atoms with van der Waals surface area (Å²) in [7, 11) is 1.83. The SMILES string of the molecule is CN1[C]C=CC=N1. The first-order valence-electron chi connectivity index (χ1n) is 2.08. The zero-order valence-corrected chi connectivity index (χ0v) is 4.13. The Morgan fingerprint density at radius 1 is 1.71 bits per heavy atom. The van der Waals surface area contributed by atoms with Crippen molar-refractivity contribution in [3.63, 3.8) is 0 Å². The quantitative estimate of drug-likeness (QED) is 0.427. The fraction of sp³-hybridized carbons (Fsp3) is 0.200. The van der Waals surface area contributed by atoms with Crippen molar-refractivity contribution in [2.24, 2.45) is 5.10 Å². The zero-order valence-electron chi connectivity index (χ0n) is 4.13. The minimum atomic E-state index is 1.62. The standard InChI is InChI=1S/C5H6N2/c1-7-5-3-2-4-6-7/h2-4H,1H3. The van der Waals surface area contributed by atoms with E-state index in [0.29, 0.717) is 0 Å². The Bertz CT molecular complexity index is 105. The van der Waals surface area contributed by atoms with E-state index in [1.165, 1.54) is 0 Å². The predicted octanol–water partition coefficient (Wildman–Crippen LogP) is 0.513. The van der Waals surface area contributed by atoms with E-state index in [-0.39, 0.29) is 0 Å². The van der Waals surface area contributed by atoms with Crippen molar-refractivity contribution in [3.8, 4) is 0 Å². The van der Waals surface area contributed by atoms with Crippen LogP contribution in [0.3, 0.4) is 0 Å². The van der Waals surface area contributed by atoms with Crippen LogP contribution in [0.5, 0.6) is 0 Å². The minimum absolute atomic E-state index is 1.62. The second kappa shape index (κ2) is 1.78. The number of hydrogen-bond donors (Lipinski definition) is 0. The molecule has 0 aromatic heterocycles. The highest BCUT2D eigenvalue weighted by Gasteiger charge is 1.89. The predicted molar refractivity (Wildman–Crippen MR) is 28.6 cm³/mol.